The van der Waals surface area contributed by atoms with Gasteiger partial charge in [0.2, 0.25) is 0 Å². The Bertz CT molecular complexity index is 468. The third-order valence-corrected chi connectivity index (χ3v) is 3.67. The first-order valence-corrected chi connectivity index (χ1v) is 6.58. The van der Waals surface area contributed by atoms with E-state index in [1.807, 2.05) is 30.3 Å². The molecule has 0 N–H and O–H groups in total. The zero-order chi connectivity index (χ0) is 13.0. The Morgan fingerprint density at radius 1 is 1.33 bits per heavy atom. The lowest BCUT2D eigenvalue weighted by Crippen LogP contribution is -2.13. The molecule has 0 radical (unpaired) electrons. The van der Waals surface area contributed by atoms with Gasteiger partial charge < -0.3 is 0 Å². The molecule has 1 aromatic carbocycles. The molecule has 0 heterocycles. The molecule has 0 spiro atoms. The minimum absolute atomic E-state index is 0.279. The Labute approximate surface area is 109 Å². The molecule has 2 rings (SSSR count). The van der Waals surface area contributed by atoms with Crippen LogP contribution >= 0.6 is 0 Å². The van der Waals surface area contributed by atoms with Gasteiger partial charge >= 0.3 is 0 Å². The lowest BCUT2D eigenvalue weighted by Gasteiger charge is -2.21. The molecule has 18 heavy (non-hydrogen) atoms. The summed E-state index contributed by atoms with van der Waals surface area (Å²) in [6, 6.07) is 9.96. The largest absolute Gasteiger partial charge is 0.294 e. The van der Waals surface area contributed by atoms with Crippen LogP contribution in [0.15, 0.2) is 54.1 Å². The number of ketones is 1. The first-order chi connectivity index (χ1) is 8.66. The van der Waals surface area contributed by atoms with Gasteiger partial charge in [-0.3, -0.25) is 4.79 Å². The predicted molar refractivity (Wildman–Crippen MR) is 75.4 cm³/mol. The van der Waals surface area contributed by atoms with Crippen molar-refractivity contribution in [2.75, 3.05) is 0 Å². The van der Waals surface area contributed by atoms with E-state index in [-0.39, 0.29) is 5.78 Å². The van der Waals surface area contributed by atoms with Gasteiger partial charge in [0.1, 0.15) is 0 Å². The van der Waals surface area contributed by atoms with Crippen LogP contribution in [0.5, 0.6) is 0 Å². The van der Waals surface area contributed by atoms with Crippen molar-refractivity contribution in [3.63, 3.8) is 0 Å². The van der Waals surface area contributed by atoms with Crippen LogP contribution in [-0.4, -0.2) is 5.78 Å². The maximum atomic E-state index is 12.2. The number of rotatable bonds is 4. The van der Waals surface area contributed by atoms with E-state index in [0.717, 1.165) is 30.4 Å². The average Bonchev–Trinajstić information content (AvgIpc) is 2.40. The van der Waals surface area contributed by atoms with Crippen molar-refractivity contribution in [2.24, 2.45) is 5.92 Å². The van der Waals surface area contributed by atoms with Crippen LogP contribution < -0.4 is 0 Å². The monoisotopic (exact) mass is 240 g/mol. The van der Waals surface area contributed by atoms with Crippen molar-refractivity contribution in [2.45, 2.75) is 32.6 Å². The van der Waals surface area contributed by atoms with Crippen LogP contribution in [0.2, 0.25) is 0 Å². The lowest BCUT2D eigenvalue weighted by atomic mass is 9.83. The summed E-state index contributed by atoms with van der Waals surface area (Å²) in [7, 11) is 0. The summed E-state index contributed by atoms with van der Waals surface area (Å²) in [5.74, 6) is 0.847. The van der Waals surface area contributed by atoms with Gasteiger partial charge in [0.15, 0.2) is 5.78 Å². The number of Topliss-reactive ketones (excluding diaryl/α,β-unsaturated/α-hetero) is 1. The summed E-state index contributed by atoms with van der Waals surface area (Å²) in [4.78, 5) is 12.2. The second-order valence-corrected chi connectivity index (χ2v) is 5.13. The molecule has 1 aromatic rings. The number of allylic oxidation sites excluding steroid dienone is 3. The summed E-state index contributed by atoms with van der Waals surface area (Å²) in [6.07, 6.45) is 5.61. The van der Waals surface area contributed by atoms with E-state index in [1.165, 1.54) is 5.57 Å². The SMILES string of the molecule is C=C(C)C1CC=C(C(=O)Cc2ccccc2)CC1. The van der Waals surface area contributed by atoms with Crippen molar-refractivity contribution in [1.29, 1.82) is 0 Å². The smallest absolute Gasteiger partial charge is 0.162 e. The number of benzene rings is 1. The fourth-order valence-electron chi connectivity index (χ4n) is 2.43. The predicted octanol–water partition coefficient (Wildman–Crippen LogP) is 4.10. The van der Waals surface area contributed by atoms with Crippen molar-refractivity contribution in [1.82, 2.24) is 0 Å². The fourth-order valence-corrected chi connectivity index (χ4v) is 2.43. The Morgan fingerprint density at radius 3 is 2.61 bits per heavy atom. The molecule has 94 valence electrons. The standard InChI is InChI=1S/C17H20O/c1-13(2)15-8-10-16(11-9-15)17(18)12-14-6-4-3-5-7-14/h3-7,10,15H,1,8-9,11-12H2,2H3. The van der Waals surface area contributed by atoms with Gasteiger partial charge in [-0.05, 0) is 43.2 Å². The third kappa shape index (κ3) is 3.19. The number of hydrogen-bond acceptors (Lipinski definition) is 1. The van der Waals surface area contributed by atoms with Gasteiger partial charge in [-0.2, -0.15) is 0 Å². The number of hydrogen-bond donors (Lipinski definition) is 0. The summed E-state index contributed by atoms with van der Waals surface area (Å²) in [5, 5.41) is 0. The molecule has 0 saturated carbocycles. The molecular formula is C17H20O. The minimum atomic E-state index is 0.279. The van der Waals surface area contributed by atoms with Gasteiger partial charge in [-0.15, -0.1) is 0 Å². The summed E-state index contributed by atoms with van der Waals surface area (Å²) >= 11 is 0. The second-order valence-electron chi connectivity index (χ2n) is 5.13. The van der Waals surface area contributed by atoms with E-state index in [1.54, 1.807) is 0 Å². The van der Waals surface area contributed by atoms with Gasteiger partial charge in [-0.1, -0.05) is 48.6 Å². The molecule has 1 unspecified atom stereocenters. The van der Waals surface area contributed by atoms with E-state index in [4.69, 9.17) is 0 Å². The van der Waals surface area contributed by atoms with E-state index in [9.17, 15) is 4.79 Å². The number of carbonyl (C=O) groups excluding carboxylic acids is 1. The van der Waals surface area contributed by atoms with Gasteiger partial charge in [0.05, 0.1) is 0 Å². The Balaban J connectivity index is 1.97. The van der Waals surface area contributed by atoms with Gasteiger partial charge in [0.25, 0.3) is 0 Å². The third-order valence-electron chi connectivity index (χ3n) is 3.67. The second kappa shape index (κ2) is 5.81. The van der Waals surface area contributed by atoms with E-state index < -0.39 is 0 Å². The molecule has 0 amide bonds. The van der Waals surface area contributed by atoms with Crippen molar-refractivity contribution < 1.29 is 4.79 Å². The van der Waals surface area contributed by atoms with E-state index in [0.29, 0.717) is 12.3 Å². The van der Waals surface area contributed by atoms with Crippen LogP contribution in [-0.2, 0) is 11.2 Å². The minimum Gasteiger partial charge on any atom is -0.294 e. The van der Waals surface area contributed by atoms with Gasteiger partial charge in [-0.25, -0.2) is 0 Å². The van der Waals surface area contributed by atoms with Crippen molar-refractivity contribution >= 4 is 5.78 Å². The van der Waals surface area contributed by atoms with Crippen LogP contribution in [0.1, 0.15) is 31.7 Å². The molecule has 0 saturated heterocycles. The van der Waals surface area contributed by atoms with E-state index >= 15 is 0 Å². The highest BCUT2D eigenvalue weighted by atomic mass is 16.1. The maximum Gasteiger partial charge on any atom is 0.162 e. The molecule has 1 atom stereocenters. The van der Waals surface area contributed by atoms with Crippen LogP contribution in [0, 0.1) is 5.92 Å². The van der Waals surface area contributed by atoms with Crippen LogP contribution in [0.4, 0.5) is 0 Å². The first-order valence-electron chi connectivity index (χ1n) is 6.58. The van der Waals surface area contributed by atoms with Gasteiger partial charge in [0, 0.05) is 6.42 Å². The normalized spacial score (nSPS) is 19.2. The fraction of sp³-hybridized carbons (Fsp3) is 0.353. The lowest BCUT2D eigenvalue weighted by molar-refractivity contribution is -0.115. The highest BCUT2D eigenvalue weighted by Crippen LogP contribution is 2.28. The molecule has 0 aliphatic heterocycles. The zero-order valence-electron chi connectivity index (χ0n) is 11.0. The molecule has 0 fully saturated rings. The number of carbonyl (C=O) groups is 1. The first kappa shape index (κ1) is 12.8. The van der Waals surface area contributed by atoms with Crippen LogP contribution in [0.25, 0.3) is 0 Å². The zero-order valence-corrected chi connectivity index (χ0v) is 11.0. The van der Waals surface area contributed by atoms with E-state index in [2.05, 4.69) is 19.6 Å². The van der Waals surface area contributed by atoms with Crippen molar-refractivity contribution in [3.8, 4) is 0 Å². The summed E-state index contributed by atoms with van der Waals surface area (Å²) in [6.45, 7) is 6.08. The molecule has 1 aliphatic carbocycles. The molecule has 0 aromatic heterocycles. The molecule has 1 nitrogen and oxygen atoms in total. The highest BCUT2D eigenvalue weighted by Gasteiger charge is 2.18. The van der Waals surface area contributed by atoms with Crippen LogP contribution in [0.3, 0.4) is 0 Å². The molecule has 1 aliphatic rings. The molecular weight excluding hydrogens is 220 g/mol. The average molecular weight is 240 g/mol. The Morgan fingerprint density at radius 2 is 2.06 bits per heavy atom. The molecule has 0 bridgehead atoms. The van der Waals surface area contributed by atoms with Crippen molar-refractivity contribution in [3.05, 3.63) is 59.7 Å². The summed E-state index contributed by atoms with van der Waals surface area (Å²) in [5.41, 5.74) is 3.35. The maximum absolute atomic E-state index is 12.2. The molecule has 1 heteroatoms. The summed E-state index contributed by atoms with van der Waals surface area (Å²) < 4.78 is 0. The quantitative estimate of drug-likeness (QED) is 0.724. The topological polar surface area (TPSA) is 17.1 Å². The Kier molecular flexibility index (Phi) is 4.14. The Hall–Kier alpha value is -1.63. The highest BCUT2D eigenvalue weighted by molar-refractivity contribution is 5.96.